The number of anilines is 1. The van der Waals surface area contributed by atoms with Crippen LogP contribution in [-0.2, 0) is 4.79 Å². The Morgan fingerprint density at radius 1 is 1.45 bits per heavy atom. The zero-order valence-electron chi connectivity index (χ0n) is 11.2. The number of amides is 1. The first-order chi connectivity index (χ1) is 9.33. The van der Waals surface area contributed by atoms with Gasteiger partial charge in [0.25, 0.3) is 0 Å². The van der Waals surface area contributed by atoms with Crippen LogP contribution >= 0.6 is 15.9 Å². The molecule has 6 heteroatoms. The van der Waals surface area contributed by atoms with Gasteiger partial charge in [0.15, 0.2) is 0 Å². The lowest BCUT2D eigenvalue weighted by molar-refractivity contribution is -0.148. The fraction of sp³-hybridized carbons (Fsp3) is 0.429. The Balaban J connectivity index is 2.28. The molecule has 108 valence electrons. The average Bonchev–Trinajstić information content (AvgIpc) is 2.38. The minimum atomic E-state index is -0.771. The van der Waals surface area contributed by atoms with Gasteiger partial charge in [0.2, 0.25) is 5.91 Å². The number of halogens is 1. The number of piperidine rings is 1. The van der Waals surface area contributed by atoms with Crippen molar-refractivity contribution in [2.75, 3.05) is 18.0 Å². The third-order valence-corrected chi connectivity index (χ3v) is 4.42. The molecule has 0 aliphatic carbocycles. The molecular formula is C14H17BrN2O3. The van der Waals surface area contributed by atoms with Crippen molar-refractivity contribution in [1.82, 2.24) is 0 Å². The Bertz CT molecular complexity index is 561. The summed E-state index contributed by atoms with van der Waals surface area (Å²) in [6, 6.07) is 5.14. The fourth-order valence-electron chi connectivity index (χ4n) is 2.54. The molecular weight excluding hydrogens is 324 g/mol. The number of nitrogens with two attached hydrogens (primary N) is 1. The number of primary amides is 1. The maximum atomic E-state index is 11.4. The maximum Gasteiger partial charge on any atom is 0.311 e. The number of nitrogens with zero attached hydrogens (tertiary/aromatic N) is 1. The molecule has 1 aromatic carbocycles. The van der Waals surface area contributed by atoms with Gasteiger partial charge in [-0.05, 0) is 53.9 Å². The number of carboxylic acid groups (broad SMARTS) is 1. The van der Waals surface area contributed by atoms with Crippen molar-refractivity contribution in [1.29, 1.82) is 0 Å². The lowest BCUT2D eigenvalue weighted by Gasteiger charge is -2.39. The first kappa shape index (κ1) is 14.8. The SMILES string of the molecule is CC1(C(=O)O)CCCN(c2ccc(C(N)=O)cc2Br)C1. The highest BCUT2D eigenvalue weighted by Crippen LogP contribution is 2.35. The molecule has 3 N–H and O–H groups in total. The van der Waals surface area contributed by atoms with E-state index in [4.69, 9.17) is 5.73 Å². The molecule has 1 heterocycles. The molecule has 0 aromatic heterocycles. The van der Waals surface area contributed by atoms with Crippen LogP contribution in [0.15, 0.2) is 22.7 Å². The number of carbonyl (C=O) groups is 2. The number of hydrogen-bond donors (Lipinski definition) is 2. The molecule has 0 bridgehead atoms. The number of hydrogen-bond acceptors (Lipinski definition) is 3. The Hall–Kier alpha value is -1.56. The van der Waals surface area contributed by atoms with Gasteiger partial charge in [-0.2, -0.15) is 0 Å². The Labute approximate surface area is 125 Å². The van der Waals surface area contributed by atoms with Crippen LogP contribution in [0.3, 0.4) is 0 Å². The normalized spacial score (nSPS) is 22.6. The zero-order valence-corrected chi connectivity index (χ0v) is 12.8. The van der Waals surface area contributed by atoms with E-state index in [1.165, 1.54) is 0 Å². The molecule has 1 aliphatic heterocycles. The van der Waals surface area contributed by atoms with E-state index in [2.05, 4.69) is 15.9 Å². The number of carboxylic acids is 1. The van der Waals surface area contributed by atoms with Crippen LogP contribution < -0.4 is 10.6 Å². The summed E-state index contributed by atoms with van der Waals surface area (Å²) in [4.78, 5) is 24.6. The molecule has 1 fully saturated rings. The van der Waals surface area contributed by atoms with Gasteiger partial charge in [-0.15, -0.1) is 0 Å². The van der Waals surface area contributed by atoms with Crippen molar-refractivity contribution < 1.29 is 14.7 Å². The van der Waals surface area contributed by atoms with Gasteiger partial charge in [-0.1, -0.05) is 0 Å². The molecule has 0 spiro atoms. The second kappa shape index (κ2) is 5.44. The first-order valence-electron chi connectivity index (χ1n) is 6.41. The highest BCUT2D eigenvalue weighted by atomic mass is 79.9. The van der Waals surface area contributed by atoms with Gasteiger partial charge < -0.3 is 15.7 Å². The minimum Gasteiger partial charge on any atom is -0.481 e. The Morgan fingerprint density at radius 3 is 2.70 bits per heavy atom. The molecule has 20 heavy (non-hydrogen) atoms. The summed E-state index contributed by atoms with van der Waals surface area (Å²) in [6.07, 6.45) is 1.50. The Morgan fingerprint density at radius 2 is 2.15 bits per heavy atom. The summed E-state index contributed by atoms with van der Waals surface area (Å²) in [5.41, 5.74) is 5.83. The first-order valence-corrected chi connectivity index (χ1v) is 7.20. The molecule has 1 aliphatic rings. The highest BCUT2D eigenvalue weighted by Gasteiger charge is 2.38. The van der Waals surface area contributed by atoms with Gasteiger partial charge in [0.1, 0.15) is 0 Å². The van der Waals surface area contributed by atoms with E-state index >= 15 is 0 Å². The summed E-state index contributed by atoms with van der Waals surface area (Å²) in [7, 11) is 0. The van der Waals surface area contributed by atoms with Crippen molar-refractivity contribution >= 4 is 33.5 Å². The average molecular weight is 341 g/mol. The van der Waals surface area contributed by atoms with Crippen LogP contribution in [-0.4, -0.2) is 30.1 Å². The van der Waals surface area contributed by atoms with E-state index in [-0.39, 0.29) is 0 Å². The van der Waals surface area contributed by atoms with Crippen LogP contribution in [0.2, 0.25) is 0 Å². The predicted molar refractivity (Wildman–Crippen MR) is 79.8 cm³/mol. The molecule has 1 aromatic rings. The van der Waals surface area contributed by atoms with Crippen LogP contribution in [0.25, 0.3) is 0 Å². The van der Waals surface area contributed by atoms with Gasteiger partial charge >= 0.3 is 5.97 Å². The van der Waals surface area contributed by atoms with Crippen molar-refractivity contribution in [2.24, 2.45) is 11.1 Å². The smallest absolute Gasteiger partial charge is 0.311 e. The third kappa shape index (κ3) is 2.80. The van der Waals surface area contributed by atoms with Crippen LogP contribution in [0.4, 0.5) is 5.69 Å². The molecule has 1 atom stereocenters. The summed E-state index contributed by atoms with van der Waals surface area (Å²) in [5.74, 6) is -1.25. The summed E-state index contributed by atoms with van der Waals surface area (Å²) < 4.78 is 0.753. The zero-order chi connectivity index (χ0) is 14.9. The second-order valence-electron chi connectivity index (χ2n) is 5.42. The van der Waals surface area contributed by atoms with E-state index < -0.39 is 17.3 Å². The molecule has 1 saturated heterocycles. The molecule has 5 nitrogen and oxygen atoms in total. The largest absolute Gasteiger partial charge is 0.481 e. The number of aliphatic carboxylic acids is 1. The maximum absolute atomic E-state index is 11.4. The van der Waals surface area contributed by atoms with Crippen molar-refractivity contribution in [3.8, 4) is 0 Å². The summed E-state index contributed by atoms with van der Waals surface area (Å²) in [5, 5.41) is 9.35. The molecule has 0 saturated carbocycles. The van der Waals surface area contributed by atoms with Gasteiger partial charge in [0, 0.05) is 23.1 Å². The highest BCUT2D eigenvalue weighted by molar-refractivity contribution is 9.10. The van der Waals surface area contributed by atoms with Crippen LogP contribution in [0, 0.1) is 5.41 Å². The third-order valence-electron chi connectivity index (χ3n) is 3.79. The molecule has 1 amide bonds. The van der Waals surface area contributed by atoms with E-state index in [1.54, 1.807) is 25.1 Å². The van der Waals surface area contributed by atoms with Gasteiger partial charge in [-0.3, -0.25) is 9.59 Å². The lowest BCUT2D eigenvalue weighted by atomic mass is 9.82. The number of carbonyl (C=O) groups excluding carboxylic acids is 1. The Kier molecular flexibility index (Phi) is 4.04. The second-order valence-corrected chi connectivity index (χ2v) is 6.28. The monoisotopic (exact) mass is 340 g/mol. The summed E-state index contributed by atoms with van der Waals surface area (Å²) >= 11 is 3.43. The number of rotatable bonds is 3. The van der Waals surface area contributed by atoms with Crippen LogP contribution in [0.1, 0.15) is 30.1 Å². The molecule has 0 radical (unpaired) electrons. The molecule has 1 unspecified atom stereocenters. The van der Waals surface area contributed by atoms with E-state index in [0.29, 0.717) is 18.5 Å². The minimum absolute atomic E-state index is 0.429. The van der Waals surface area contributed by atoms with E-state index in [0.717, 1.165) is 23.1 Å². The van der Waals surface area contributed by atoms with Gasteiger partial charge in [-0.25, -0.2) is 0 Å². The number of benzene rings is 1. The van der Waals surface area contributed by atoms with Crippen molar-refractivity contribution in [3.63, 3.8) is 0 Å². The van der Waals surface area contributed by atoms with Crippen molar-refractivity contribution in [3.05, 3.63) is 28.2 Å². The van der Waals surface area contributed by atoms with Crippen molar-refractivity contribution in [2.45, 2.75) is 19.8 Å². The van der Waals surface area contributed by atoms with Gasteiger partial charge in [0.05, 0.1) is 11.1 Å². The fourth-order valence-corrected chi connectivity index (χ4v) is 3.17. The molecule has 2 rings (SSSR count). The standard InChI is InChI=1S/C14H17BrN2O3/c1-14(13(19)20)5-2-6-17(8-14)11-4-3-9(12(16)18)7-10(11)15/h3-4,7H,2,5-6,8H2,1H3,(H2,16,18)(H,19,20). The quantitative estimate of drug-likeness (QED) is 0.883. The lowest BCUT2D eigenvalue weighted by Crippen LogP contribution is -2.46. The van der Waals surface area contributed by atoms with E-state index in [1.807, 2.05) is 4.90 Å². The summed E-state index contributed by atoms with van der Waals surface area (Å²) in [6.45, 7) is 3.03. The van der Waals surface area contributed by atoms with Crippen LogP contribution in [0.5, 0.6) is 0 Å². The predicted octanol–water partition coefficient (Wildman–Crippen LogP) is 2.24. The van der Waals surface area contributed by atoms with E-state index in [9.17, 15) is 14.7 Å². The topological polar surface area (TPSA) is 83.6 Å².